The smallest absolute Gasteiger partial charge is 0.157 e. The Kier molecular flexibility index (Phi) is 1.63. The SMILES string of the molecule is N#Cc1ccc(C2=NOC3C=CC23)cc1. The van der Waals surface area contributed by atoms with Gasteiger partial charge in [0.15, 0.2) is 6.10 Å². The summed E-state index contributed by atoms with van der Waals surface area (Å²) in [5.74, 6) is 0.304. The molecule has 1 aliphatic carbocycles. The van der Waals surface area contributed by atoms with Crippen LogP contribution in [0.3, 0.4) is 0 Å². The Morgan fingerprint density at radius 1 is 1.20 bits per heavy atom. The molecule has 0 amide bonds. The summed E-state index contributed by atoms with van der Waals surface area (Å²) in [6.45, 7) is 0. The van der Waals surface area contributed by atoms with Crippen molar-refractivity contribution in [3.63, 3.8) is 0 Å². The third kappa shape index (κ3) is 1.15. The molecule has 3 rings (SSSR count). The van der Waals surface area contributed by atoms with Gasteiger partial charge in [-0.2, -0.15) is 5.26 Å². The summed E-state index contributed by atoms with van der Waals surface area (Å²) in [6, 6.07) is 9.52. The highest BCUT2D eigenvalue weighted by Crippen LogP contribution is 2.31. The minimum atomic E-state index is 0.135. The lowest BCUT2D eigenvalue weighted by molar-refractivity contribution is 0.0943. The predicted octanol–water partition coefficient (Wildman–Crippen LogP) is 1.85. The van der Waals surface area contributed by atoms with Crippen molar-refractivity contribution >= 4 is 5.71 Å². The number of nitrogens with zero attached hydrogens (tertiary/aromatic N) is 2. The Labute approximate surface area is 87.3 Å². The average Bonchev–Trinajstić information content (AvgIpc) is 2.54. The number of oxime groups is 1. The average molecular weight is 196 g/mol. The molecule has 0 saturated carbocycles. The van der Waals surface area contributed by atoms with Gasteiger partial charge in [-0.05, 0) is 18.2 Å². The summed E-state index contributed by atoms with van der Waals surface area (Å²) in [5.41, 5.74) is 2.66. The highest BCUT2D eigenvalue weighted by Gasteiger charge is 2.36. The largest absolute Gasteiger partial charge is 0.387 e. The molecule has 0 N–H and O–H groups in total. The lowest BCUT2D eigenvalue weighted by atomic mass is 9.85. The topological polar surface area (TPSA) is 45.4 Å². The maximum atomic E-state index is 8.68. The highest BCUT2D eigenvalue weighted by molar-refractivity contribution is 6.05. The van der Waals surface area contributed by atoms with Crippen molar-refractivity contribution in [2.75, 3.05) is 0 Å². The first kappa shape index (κ1) is 8.25. The van der Waals surface area contributed by atoms with E-state index < -0.39 is 0 Å². The molecule has 0 fully saturated rings. The summed E-state index contributed by atoms with van der Waals surface area (Å²) in [6.07, 6.45) is 4.23. The molecule has 2 atom stereocenters. The number of hydrogen-bond donors (Lipinski definition) is 0. The minimum Gasteiger partial charge on any atom is -0.387 e. The van der Waals surface area contributed by atoms with Crippen LogP contribution in [0.1, 0.15) is 11.1 Å². The second-order valence-electron chi connectivity index (χ2n) is 3.65. The number of benzene rings is 1. The van der Waals surface area contributed by atoms with E-state index in [4.69, 9.17) is 10.1 Å². The first-order valence-corrected chi connectivity index (χ1v) is 4.81. The Bertz CT molecular complexity index is 493. The highest BCUT2D eigenvalue weighted by atomic mass is 16.6. The van der Waals surface area contributed by atoms with E-state index >= 15 is 0 Å². The molecule has 0 radical (unpaired) electrons. The van der Waals surface area contributed by atoms with Gasteiger partial charge in [-0.3, -0.25) is 0 Å². The molecule has 3 nitrogen and oxygen atoms in total. The molecule has 1 aromatic carbocycles. The van der Waals surface area contributed by atoms with Gasteiger partial charge >= 0.3 is 0 Å². The molecule has 0 aromatic heterocycles. The maximum absolute atomic E-state index is 8.68. The third-order valence-electron chi connectivity index (χ3n) is 2.76. The van der Waals surface area contributed by atoms with Crippen LogP contribution in [0.4, 0.5) is 0 Å². The number of nitriles is 1. The first-order chi connectivity index (χ1) is 7.38. The molecule has 1 aliphatic heterocycles. The van der Waals surface area contributed by atoms with Crippen LogP contribution < -0.4 is 0 Å². The predicted molar refractivity (Wildman–Crippen MR) is 55.2 cm³/mol. The van der Waals surface area contributed by atoms with Crippen LogP contribution in [0, 0.1) is 17.2 Å². The molecular weight excluding hydrogens is 188 g/mol. The van der Waals surface area contributed by atoms with Crippen molar-refractivity contribution in [3.8, 4) is 6.07 Å². The summed E-state index contributed by atoms with van der Waals surface area (Å²) in [5, 5.41) is 12.7. The minimum absolute atomic E-state index is 0.135. The maximum Gasteiger partial charge on any atom is 0.157 e. The molecule has 2 unspecified atom stereocenters. The van der Waals surface area contributed by atoms with Gasteiger partial charge in [-0.1, -0.05) is 23.4 Å². The van der Waals surface area contributed by atoms with Crippen molar-refractivity contribution in [1.29, 1.82) is 5.26 Å². The van der Waals surface area contributed by atoms with Crippen LogP contribution in [0.2, 0.25) is 0 Å². The zero-order valence-corrected chi connectivity index (χ0v) is 7.92. The van der Waals surface area contributed by atoms with Gasteiger partial charge in [0.25, 0.3) is 0 Å². The molecular formula is C12H8N2O. The molecule has 3 heteroatoms. The van der Waals surface area contributed by atoms with Gasteiger partial charge in [0.05, 0.1) is 23.3 Å². The number of rotatable bonds is 1. The van der Waals surface area contributed by atoms with E-state index in [0.29, 0.717) is 11.5 Å². The van der Waals surface area contributed by atoms with E-state index in [9.17, 15) is 0 Å². The van der Waals surface area contributed by atoms with Crippen molar-refractivity contribution in [2.24, 2.45) is 11.1 Å². The lowest BCUT2D eigenvalue weighted by Gasteiger charge is -2.19. The normalized spacial score (nSPS) is 25.9. The molecule has 1 heterocycles. The summed E-state index contributed by atoms with van der Waals surface area (Å²) in [7, 11) is 0. The molecule has 72 valence electrons. The second kappa shape index (κ2) is 2.96. The molecule has 15 heavy (non-hydrogen) atoms. The van der Waals surface area contributed by atoms with Gasteiger partial charge in [0, 0.05) is 5.56 Å². The van der Waals surface area contributed by atoms with Crippen LogP contribution in [-0.4, -0.2) is 11.8 Å². The van der Waals surface area contributed by atoms with E-state index in [0.717, 1.165) is 11.3 Å². The van der Waals surface area contributed by atoms with Gasteiger partial charge in [0.2, 0.25) is 0 Å². The standard InChI is InChI=1S/C12H8N2O/c13-7-8-1-3-9(4-2-8)12-10-5-6-11(10)15-14-12/h1-6,10-11H. The fourth-order valence-electron chi connectivity index (χ4n) is 1.80. The first-order valence-electron chi connectivity index (χ1n) is 4.81. The summed E-state index contributed by atoms with van der Waals surface area (Å²) < 4.78 is 0. The van der Waals surface area contributed by atoms with Crippen LogP contribution in [0.5, 0.6) is 0 Å². The Morgan fingerprint density at radius 3 is 2.53 bits per heavy atom. The lowest BCUT2D eigenvalue weighted by Crippen LogP contribution is -2.27. The van der Waals surface area contributed by atoms with E-state index in [-0.39, 0.29) is 6.10 Å². The van der Waals surface area contributed by atoms with E-state index in [1.165, 1.54) is 0 Å². The number of hydrogen-bond acceptors (Lipinski definition) is 3. The van der Waals surface area contributed by atoms with Crippen molar-refractivity contribution in [3.05, 3.63) is 47.5 Å². The summed E-state index contributed by atoms with van der Waals surface area (Å²) >= 11 is 0. The molecule has 0 saturated heterocycles. The quantitative estimate of drug-likeness (QED) is 0.643. The van der Waals surface area contributed by atoms with Gasteiger partial charge in [-0.15, -0.1) is 0 Å². The molecule has 1 aromatic rings. The van der Waals surface area contributed by atoms with Gasteiger partial charge in [0.1, 0.15) is 0 Å². The van der Waals surface area contributed by atoms with Crippen molar-refractivity contribution in [1.82, 2.24) is 0 Å². The Morgan fingerprint density at radius 2 is 2.00 bits per heavy atom. The second-order valence-corrected chi connectivity index (χ2v) is 3.65. The monoisotopic (exact) mass is 196 g/mol. The molecule has 0 spiro atoms. The Hall–Kier alpha value is -2.08. The third-order valence-corrected chi connectivity index (χ3v) is 2.76. The van der Waals surface area contributed by atoms with E-state index in [1.807, 2.05) is 18.2 Å². The molecule has 0 bridgehead atoms. The van der Waals surface area contributed by atoms with Crippen LogP contribution >= 0.6 is 0 Å². The van der Waals surface area contributed by atoms with Gasteiger partial charge < -0.3 is 4.84 Å². The van der Waals surface area contributed by atoms with Gasteiger partial charge in [-0.25, -0.2) is 0 Å². The number of fused-ring (bicyclic) bond motifs is 1. The zero-order valence-electron chi connectivity index (χ0n) is 7.92. The van der Waals surface area contributed by atoms with Crippen LogP contribution in [0.25, 0.3) is 0 Å². The van der Waals surface area contributed by atoms with Crippen LogP contribution in [0.15, 0.2) is 41.6 Å². The summed E-state index contributed by atoms with van der Waals surface area (Å²) in [4.78, 5) is 5.21. The van der Waals surface area contributed by atoms with Crippen molar-refractivity contribution < 1.29 is 4.84 Å². The fraction of sp³-hybridized carbons (Fsp3) is 0.167. The fourth-order valence-corrected chi connectivity index (χ4v) is 1.80. The van der Waals surface area contributed by atoms with Crippen LogP contribution in [-0.2, 0) is 4.84 Å². The van der Waals surface area contributed by atoms with E-state index in [1.54, 1.807) is 12.1 Å². The van der Waals surface area contributed by atoms with E-state index in [2.05, 4.69) is 17.3 Å². The Balaban J connectivity index is 1.94. The molecule has 2 aliphatic rings. The zero-order chi connectivity index (χ0) is 10.3. The van der Waals surface area contributed by atoms with Crippen molar-refractivity contribution in [2.45, 2.75) is 6.10 Å².